The fraction of sp³-hybridized carbons (Fsp3) is 0.0556. The second-order valence-electron chi connectivity index (χ2n) is 5.25. The lowest BCUT2D eigenvalue weighted by molar-refractivity contribution is -0.0959. The van der Waals surface area contributed by atoms with Gasteiger partial charge in [-0.1, -0.05) is 58.4 Å². The highest BCUT2D eigenvalue weighted by atomic mass is 79.9. The van der Waals surface area contributed by atoms with Gasteiger partial charge in [-0.15, -0.1) is 0 Å². The molecule has 0 fully saturated rings. The zero-order valence-electron chi connectivity index (χ0n) is 11.4. The van der Waals surface area contributed by atoms with Gasteiger partial charge in [0.05, 0.1) is 5.56 Å². The number of benzene rings is 3. The van der Waals surface area contributed by atoms with Crippen LogP contribution >= 0.6 is 15.9 Å². The first-order valence-corrected chi connectivity index (χ1v) is 7.63. The molecule has 1 aliphatic rings. The number of aliphatic hydroxyl groups is 1. The van der Waals surface area contributed by atoms with E-state index in [1.165, 1.54) is 0 Å². The summed E-state index contributed by atoms with van der Waals surface area (Å²) in [4.78, 5) is 12.8. The Bertz CT molecular complexity index is 905. The lowest BCUT2D eigenvalue weighted by atomic mass is 9.95. The number of ether oxygens (including phenoxy) is 1. The molecule has 0 spiro atoms. The molecule has 1 heterocycles. The van der Waals surface area contributed by atoms with Crippen LogP contribution in [0.1, 0.15) is 15.9 Å². The highest BCUT2D eigenvalue weighted by Gasteiger charge is 2.48. The molecule has 0 amide bonds. The Hall–Kier alpha value is -2.17. The molecular weight excluding hydrogens is 344 g/mol. The lowest BCUT2D eigenvalue weighted by Crippen LogP contribution is -2.36. The van der Waals surface area contributed by atoms with Crippen LogP contribution in [0.25, 0.3) is 10.8 Å². The maximum absolute atomic E-state index is 12.8. The molecule has 0 saturated carbocycles. The molecule has 0 aromatic heterocycles. The van der Waals surface area contributed by atoms with Crippen LogP contribution in [0.4, 0.5) is 0 Å². The minimum absolute atomic E-state index is 0.408. The van der Waals surface area contributed by atoms with E-state index < -0.39 is 11.6 Å². The molecule has 22 heavy (non-hydrogen) atoms. The number of rotatable bonds is 1. The van der Waals surface area contributed by atoms with Crippen LogP contribution in [-0.2, 0) is 5.79 Å². The molecule has 0 saturated heterocycles. The zero-order valence-corrected chi connectivity index (χ0v) is 13.0. The van der Waals surface area contributed by atoms with E-state index in [9.17, 15) is 9.90 Å². The molecule has 108 valence electrons. The van der Waals surface area contributed by atoms with Gasteiger partial charge in [0.25, 0.3) is 5.79 Å². The molecule has 4 heteroatoms. The van der Waals surface area contributed by atoms with E-state index in [1.807, 2.05) is 30.3 Å². The quantitative estimate of drug-likeness (QED) is 0.717. The average Bonchev–Trinajstić information content (AvgIpc) is 2.81. The Morgan fingerprint density at radius 1 is 1.00 bits per heavy atom. The highest BCUT2D eigenvalue weighted by molar-refractivity contribution is 9.10. The molecular formula is C18H11BrO3. The fourth-order valence-electron chi connectivity index (χ4n) is 2.83. The summed E-state index contributed by atoms with van der Waals surface area (Å²) in [5.41, 5.74) is 0.859. The van der Waals surface area contributed by atoms with Crippen molar-refractivity contribution in [3.63, 3.8) is 0 Å². The van der Waals surface area contributed by atoms with Gasteiger partial charge < -0.3 is 9.84 Å². The number of halogens is 1. The van der Waals surface area contributed by atoms with Crippen molar-refractivity contribution in [1.82, 2.24) is 0 Å². The number of hydrogen-bond donors (Lipinski definition) is 1. The number of ketones is 1. The van der Waals surface area contributed by atoms with Gasteiger partial charge in [0.15, 0.2) is 0 Å². The summed E-state index contributed by atoms with van der Waals surface area (Å²) in [6, 6.07) is 18.0. The van der Waals surface area contributed by atoms with Crippen molar-refractivity contribution in [3.8, 4) is 5.75 Å². The molecule has 0 radical (unpaired) electrons. The van der Waals surface area contributed by atoms with Crippen molar-refractivity contribution in [2.75, 3.05) is 0 Å². The summed E-state index contributed by atoms with van der Waals surface area (Å²) in [6.07, 6.45) is 0. The van der Waals surface area contributed by atoms with Gasteiger partial charge in [-0.2, -0.15) is 0 Å². The number of hydrogen-bond acceptors (Lipinski definition) is 3. The smallest absolute Gasteiger partial charge is 0.300 e. The van der Waals surface area contributed by atoms with E-state index >= 15 is 0 Å². The maximum atomic E-state index is 12.8. The van der Waals surface area contributed by atoms with Crippen LogP contribution in [0, 0.1) is 0 Å². The number of Topliss-reactive ketones (excluding diaryl/α,β-unsaturated/α-hetero) is 1. The minimum Gasteiger partial charge on any atom is -0.450 e. The summed E-state index contributed by atoms with van der Waals surface area (Å²) in [6.45, 7) is 0. The molecule has 3 nitrogen and oxygen atoms in total. The molecule has 1 aliphatic heterocycles. The van der Waals surface area contributed by atoms with Gasteiger partial charge in [-0.3, -0.25) is 4.79 Å². The van der Waals surface area contributed by atoms with Crippen molar-refractivity contribution < 1.29 is 14.6 Å². The maximum Gasteiger partial charge on any atom is 0.300 e. The van der Waals surface area contributed by atoms with E-state index in [1.54, 1.807) is 30.3 Å². The van der Waals surface area contributed by atoms with Gasteiger partial charge in [-0.25, -0.2) is 0 Å². The van der Waals surface area contributed by atoms with Crippen LogP contribution in [0.15, 0.2) is 65.1 Å². The molecule has 1 atom stereocenters. The molecule has 0 aliphatic carbocycles. The van der Waals surface area contributed by atoms with Gasteiger partial charge >= 0.3 is 0 Å². The Morgan fingerprint density at radius 2 is 1.77 bits per heavy atom. The topological polar surface area (TPSA) is 46.5 Å². The first-order valence-electron chi connectivity index (χ1n) is 6.83. The minimum atomic E-state index is -1.95. The number of carbonyl (C=O) groups excluding carboxylic acids is 1. The van der Waals surface area contributed by atoms with Gasteiger partial charge in [0, 0.05) is 10.0 Å². The van der Waals surface area contributed by atoms with Crippen molar-refractivity contribution >= 4 is 32.5 Å². The van der Waals surface area contributed by atoms with Gasteiger partial charge in [0.1, 0.15) is 5.75 Å². The summed E-state index contributed by atoms with van der Waals surface area (Å²) < 4.78 is 6.56. The largest absolute Gasteiger partial charge is 0.450 e. The zero-order chi connectivity index (χ0) is 15.3. The number of carbonyl (C=O) groups is 1. The lowest BCUT2D eigenvalue weighted by Gasteiger charge is -2.20. The average molecular weight is 355 g/mol. The summed E-state index contributed by atoms with van der Waals surface area (Å²) in [7, 11) is 0. The first kappa shape index (κ1) is 13.5. The van der Waals surface area contributed by atoms with E-state index in [0.717, 1.165) is 15.2 Å². The summed E-state index contributed by atoms with van der Waals surface area (Å²) in [5.74, 6) is -1.97. The Balaban J connectivity index is 1.94. The SMILES string of the molecule is O=C1c2c(ccc3cc(Br)ccc23)OC1(O)c1ccccc1. The molecule has 3 aromatic rings. The van der Waals surface area contributed by atoms with Gasteiger partial charge in [-0.05, 0) is 29.0 Å². The first-order chi connectivity index (χ1) is 10.6. The van der Waals surface area contributed by atoms with Crippen LogP contribution in [0.2, 0.25) is 0 Å². The van der Waals surface area contributed by atoms with Crippen LogP contribution < -0.4 is 4.74 Å². The van der Waals surface area contributed by atoms with Crippen molar-refractivity contribution in [1.29, 1.82) is 0 Å². The van der Waals surface area contributed by atoms with Crippen LogP contribution in [0.3, 0.4) is 0 Å². The predicted octanol–water partition coefficient (Wildman–Crippen LogP) is 4.02. The monoisotopic (exact) mass is 354 g/mol. The summed E-state index contributed by atoms with van der Waals surface area (Å²) >= 11 is 3.42. The third kappa shape index (κ3) is 1.81. The van der Waals surface area contributed by atoms with Gasteiger partial charge in [0.2, 0.25) is 5.78 Å². The summed E-state index contributed by atoms with van der Waals surface area (Å²) in [5, 5.41) is 12.5. The molecule has 0 bridgehead atoms. The predicted molar refractivity (Wildman–Crippen MR) is 86.9 cm³/mol. The molecule has 3 aromatic carbocycles. The normalized spacial score (nSPS) is 20.0. The van der Waals surface area contributed by atoms with E-state index in [4.69, 9.17) is 4.74 Å². The standard InChI is InChI=1S/C18H11BrO3/c19-13-7-8-14-11(10-13)6-9-15-16(14)17(20)18(21,22-15)12-4-2-1-3-5-12/h1-10,21H. The van der Waals surface area contributed by atoms with E-state index in [2.05, 4.69) is 15.9 Å². The third-order valence-corrected chi connectivity index (χ3v) is 4.39. The molecule has 4 rings (SSSR count). The third-order valence-electron chi connectivity index (χ3n) is 3.90. The van der Waals surface area contributed by atoms with E-state index in [0.29, 0.717) is 16.9 Å². The van der Waals surface area contributed by atoms with Crippen molar-refractivity contribution in [3.05, 3.63) is 76.3 Å². The van der Waals surface area contributed by atoms with Crippen LogP contribution in [0.5, 0.6) is 5.75 Å². The second kappa shape index (κ2) is 4.66. The number of fused-ring (bicyclic) bond motifs is 3. The fourth-order valence-corrected chi connectivity index (χ4v) is 3.21. The second-order valence-corrected chi connectivity index (χ2v) is 6.16. The Kier molecular flexibility index (Phi) is 2.86. The Morgan fingerprint density at radius 3 is 2.55 bits per heavy atom. The van der Waals surface area contributed by atoms with Crippen molar-refractivity contribution in [2.24, 2.45) is 0 Å². The van der Waals surface area contributed by atoms with Crippen LogP contribution in [-0.4, -0.2) is 10.9 Å². The molecule has 1 unspecified atom stereocenters. The van der Waals surface area contributed by atoms with E-state index in [-0.39, 0.29) is 0 Å². The highest BCUT2D eigenvalue weighted by Crippen LogP contribution is 2.43. The molecule has 1 N–H and O–H groups in total. The van der Waals surface area contributed by atoms with Crippen molar-refractivity contribution in [2.45, 2.75) is 5.79 Å². The Labute approximate surface area is 135 Å².